The first kappa shape index (κ1) is 13.0. The highest BCUT2D eigenvalue weighted by Gasteiger charge is 2.27. The summed E-state index contributed by atoms with van der Waals surface area (Å²) in [5.41, 5.74) is 0.178. The molecule has 1 unspecified atom stereocenters. The zero-order valence-electron chi connectivity index (χ0n) is 10.9. The summed E-state index contributed by atoms with van der Waals surface area (Å²) < 4.78 is 13.6. The predicted molar refractivity (Wildman–Crippen MR) is 69.0 cm³/mol. The third-order valence-electron chi connectivity index (χ3n) is 3.64. The highest BCUT2D eigenvalue weighted by molar-refractivity contribution is 5.94. The van der Waals surface area contributed by atoms with Gasteiger partial charge >= 0.3 is 0 Å². The molecule has 1 heterocycles. The van der Waals surface area contributed by atoms with Crippen molar-refractivity contribution in [3.05, 3.63) is 35.6 Å². The summed E-state index contributed by atoms with van der Waals surface area (Å²) in [4.78, 5) is 16.3. The number of carbonyl (C=O) groups is 1. The van der Waals surface area contributed by atoms with Gasteiger partial charge in [0.05, 0.1) is 5.56 Å². The average Bonchev–Trinajstić information content (AvgIpc) is 2.39. The lowest BCUT2D eigenvalue weighted by Gasteiger charge is -2.39. The van der Waals surface area contributed by atoms with E-state index < -0.39 is 5.82 Å². The summed E-state index contributed by atoms with van der Waals surface area (Å²) in [7, 11) is 2.07. The van der Waals surface area contributed by atoms with Gasteiger partial charge in [-0.05, 0) is 25.6 Å². The van der Waals surface area contributed by atoms with E-state index in [1.54, 1.807) is 23.1 Å². The second-order valence-electron chi connectivity index (χ2n) is 4.77. The first-order chi connectivity index (χ1) is 8.63. The Balaban J connectivity index is 2.13. The molecule has 18 heavy (non-hydrogen) atoms. The van der Waals surface area contributed by atoms with Crippen molar-refractivity contribution >= 4 is 5.91 Å². The first-order valence-electron chi connectivity index (χ1n) is 6.37. The minimum Gasteiger partial charge on any atom is -0.336 e. The smallest absolute Gasteiger partial charge is 0.256 e. The molecule has 1 amide bonds. The molecule has 1 atom stereocenters. The molecule has 4 heteroatoms. The maximum Gasteiger partial charge on any atom is 0.256 e. The van der Waals surface area contributed by atoms with Gasteiger partial charge in [0.1, 0.15) is 5.82 Å². The highest BCUT2D eigenvalue weighted by atomic mass is 19.1. The van der Waals surface area contributed by atoms with Crippen LogP contribution in [0.5, 0.6) is 0 Å². The molecule has 0 saturated carbocycles. The molecule has 98 valence electrons. The number of carbonyl (C=O) groups excluding carboxylic acids is 1. The minimum atomic E-state index is -0.436. The second kappa shape index (κ2) is 5.48. The van der Waals surface area contributed by atoms with Crippen molar-refractivity contribution in [3.63, 3.8) is 0 Å². The van der Waals surface area contributed by atoms with Gasteiger partial charge in [-0.15, -0.1) is 0 Å². The van der Waals surface area contributed by atoms with Gasteiger partial charge in [0, 0.05) is 25.7 Å². The van der Waals surface area contributed by atoms with Crippen LogP contribution in [0.15, 0.2) is 24.3 Å². The molecule has 1 aromatic carbocycles. The molecule has 0 radical (unpaired) electrons. The molecular formula is C14H19FN2O. The molecule has 3 nitrogen and oxygen atoms in total. The summed E-state index contributed by atoms with van der Waals surface area (Å²) in [6.07, 6.45) is 0.998. The number of benzene rings is 1. The maximum absolute atomic E-state index is 13.6. The van der Waals surface area contributed by atoms with Gasteiger partial charge in [0.15, 0.2) is 0 Å². The maximum atomic E-state index is 13.6. The fourth-order valence-corrected chi connectivity index (χ4v) is 2.38. The number of likely N-dealkylation sites (N-methyl/N-ethyl adjacent to an activating group) is 1. The van der Waals surface area contributed by atoms with Gasteiger partial charge in [0.25, 0.3) is 5.91 Å². The number of rotatable bonds is 2. The molecule has 2 rings (SSSR count). The summed E-state index contributed by atoms with van der Waals surface area (Å²) in [5.74, 6) is -0.630. The molecule has 0 aromatic heterocycles. The van der Waals surface area contributed by atoms with Crippen molar-refractivity contribution in [1.29, 1.82) is 0 Å². The molecule has 0 bridgehead atoms. The minimum absolute atomic E-state index is 0.178. The molecule has 1 saturated heterocycles. The Kier molecular flexibility index (Phi) is 3.97. The van der Waals surface area contributed by atoms with E-state index in [1.165, 1.54) is 6.07 Å². The van der Waals surface area contributed by atoms with Crippen LogP contribution in [0.2, 0.25) is 0 Å². The van der Waals surface area contributed by atoms with Crippen LogP contribution in [-0.4, -0.2) is 48.4 Å². The van der Waals surface area contributed by atoms with Crippen molar-refractivity contribution in [1.82, 2.24) is 9.80 Å². The van der Waals surface area contributed by atoms with Gasteiger partial charge in [0.2, 0.25) is 0 Å². The van der Waals surface area contributed by atoms with E-state index in [4.69, 9.17) is 0 Å². The van der Waals surface area contributed by atoms with Crippen molar-refractivity contribution < 1.29 is 9.18 Å². The second-order valence-corrected chi connectivity index (χ2v) is 4.77. The van der Waals surface area contributed by atoms with Crippen molar-refractivity contribution in [2.75, 3.05) is 26.7 Å². The van der Waals surface area contributed by atoms with Crippen LogP contribution in [-0.2, 0) is 0 Å². The lowest BCUT2D eigenvalue weighted by molar-refractivity contribution is 0.0537. The normalized spacial score (nSPS) is 21.1. The first-order valence-corrected chi connectivity index (χ1v) is 6.37. The van der Waals surface area contributed by atoms with E-state index in [1.807, 2.05) is 0 Å². The van der Waals surface area contributed by atoms with E-state index in [2.05, 4.69) is 18.9 Å². The summed E-state index contributed by atoms with van der Waals surface area (Å²) in [6.45, 7) is 4.30. The molecule has 1 fully saturated rings. The number of amides is 1. The van der Waals surface area contributed by atoms with Crippen LogP contribution in [0, 0.1) is 5.82 Å². The number of halogens is 1. The fourth-order valence-electron chi connectivity index (χ4n) is 2.38. The van der Waals surface area contributed by atoms with Crippen LogP contribution in [0.3, 0.4) is 0 Å². The van der Waals surface area contributed by atoms with Gasteiger partial charge in [-0.1, -0.05) is 19.1 Å². The third kappa shape index (κ3) is 2.53. The quantitative estimate of drug-likeness (QED) is 0.801. The largest absolute Gasteiger partial charge is 0.336 e. The average molecular weight is 250 g/mol. The Labute approximate surface area is 107 Å². The number of piperazine rings is 1. The molecule has 0 N–H and O–H groups in total. The Morgan fingerprint density at radius 3 is 2.78 bits per heavy atom. The van der Waals surface area contributed by atoms with E-state index in [0.717, 1.165) is 13.0 Å². The monoisotopic (exact) mass is 250 g/mol. The molecule has 1 aromatic rings. The van der Waals surface area contributed by atoms with E-state index in [0.29, 0.717) is 19.1 Å². The lowest BCUT2D eigenvalue weighted by atomic mass is 10.1. The summed E-state index contributed by atoms with van der Waals surface area (Å²) in [5, 5.41) is 0. The van der Waals surface area contributed by atoms with Gasteiger partial charge in [-0.25, -0.2) is 4.39 Å². The topological polar surface area (TPSA) is 23.6 Å². The zero-order valence-corrected chi connectivity index (χ0v) is 10.9. The number of hydrogen-bond acceptors (Lipinski definition) is 2. The SMILES string of the molecule is CCC1CN(C(=O)c2ccccc2F)CCN1C. The Hall–Kier alpha value is -1.42. The molecular weight excluding hydrogens is 231 g/mol. The van der Waals surface area contributed by atoms with Gasteiger partial charge < -0.3 is 4.90 Å². The van der Waals surface area contributed by atoms with E-state index in [9.17, 15) is 9.18 Å². The standard InChI is InChI=1S/C14H19FN2O/c1-3-11-10-17(9-8-16(11)2)14(18)12-6-4-5-7-13(12)15/h4-7,11H,3,8-10H2,1-2H3. The Morgan fingerprint density at radius 2 is 2.11 bits per heavy atom. The van der Waals surface area contributed by atoms with Gasteiger partial charge in [-0.3, -0.25) is 9.69 Å². The van der Waals surface area contributed by atoms with Crippen molar-refractivity contribution in [2.24, 2.45) is 0 Å². The van der Waals surface area contributed by atoms with Crippen LogP contribution >= 0.6 is 0 Å². The number of hydrogen-bond donors (Lipinski definition) is 0. The predicted octanol–water partition coefficient (Wildman–Crippen LogP) is 1.99. The molecule has 1 aliphatic heterocycles. The van der Waals surface area contributed by atoms with Crippen LogP contribution < -0.4 is 0 Å². The molecule has 0 aliphatic carbocycles. The van der Waals surface area contributed by atoms with Gasteiger partial charge in [-0.2, -0.15) is 0 Å². The Morgan fingerprint density at radius 1 is 1.39 bits per heavy atom. The summed E-state index contributed by atoms with van der Waals surface area (Å²) in [6, 6.07) is 6.56. The third-order valence-corrected chi connectivity index (χ3v) is 3.64. The zero-order chi connectivity index (χ0) is 13.1. The van der Waals surface area contributed by atoms with E-state index >= 15 is 0 Å². The highest BCUT2D eigenvalue weighted by Crippen LogP contribution is 2.15. The van der Waals surface area contributed by atoms with Crippen LogP contribution in [0.1, 0.15) is 23.7 Å². The fraction of sp³-hybridized carbons (Fsp3) is 0.500. The van der Waals surface area contributed by atoms with Crippen LogP contribution in [0.25, 0.3) is 0 Å². The summed E-state index contributed by atoms with van der Waals surface area (Å²) >= 11 is 0. The number of nitrogens with zero attached hydrogens (tertiary/aromatic N) is 2. The van der Waals surface area contributed by atoms with Crippen LogP contribution in [0.4, 0.5) is 4.39 Å². The van der Waals surface area contributed by atoms with Crippen molar-refractivity contribution in [2.45, 2.75) is 19.4 Å². The molecule has 1 aliphatic rings. The van der Waals surface area contributed by atoms with E-state index in [-0.39, 0.29) is 11.5 Å². The molecule has 0 spiro atoms. The Bertz CT molecular complexity index is 436. The van der Waals surface area contributed by atoms with Crippen molar-refractivity contribution in [3.8, 4) is 0 Å². The lowest BCUT2D eigenvalue weighted by Crippen LogP contribution is -2.53.